The average Bonchev–Trinajstić information content (AvgIpc) is 3.20. The number of amides is 3. The molecule has 8 nitrogen and oxygen atoms in total. The highest BCUT2D eigenvalue weighted by Gasteiger charge is 2.39. The zero-order chi connectivity index (χ0) is 27.4. The van der Waals surface area contributed by atoms with Crippen molar-refractivity contribution < 1.29 is 24.3 Å². The smallest absolute Gasteiger partial charge is 0.290 e. The number of imide groups is 1. The van der Waals surface area contributed by atoms with Crippen LogP contribution in [-0.2, 0) is 32.9 Å². The van der Waals surface area contributed by atoms with Gasteiger partial charge in [0.1, 0.15) is 6.04 Å². The van der Waals surface area contributed by atoms with Crippen LogP contribution in [0.4, 0.5) is 0 Å². The minimum Gasteiger partial charge on any atom is -0.483 e. The summed E-state index contributed by atoms with van der Waals surface area (Å²) in [7, 11) is 0. The lowest BCUT2D eigenvalue weighted by Gasteiger charge is -2.32. The van der Waals surface area contributed by atoms with Crippen molar-refractivity contribution in [3.8, 4) is 0 Å². The molecule has 0 saturated carbocycles. The Morgan fingerprint density at radius 2 is 1.66 bits per heavy atom. The molecule has 1 unspecified atom stereocenters. The summed E-state index contributed by atoms with van der Waals surface area (Å²) in [5.41, 5.74) is 5.88. The van der Waals surface area contributed by atoms with Crippen molar-refractivity contribution in [3.05, 3.63) is 70.3 Å². The highest BCUT2D eigenvalue weighted by molar-refractivity contribution is 6.05. The lowest BCUT2D eigenvalue weighted by Crippen LogP contribution is -2.52. The van der Waals surface area contributed by atoms with E-state index in [9.17, 15) is 14.4 Å². The SMILES string of the molecule is CC(C)(C)c1ccc(CN2CCC(c3ccc4c(c3)CN(C3CCC(=O)NC3=O)C4=O)CC2)cc1.O=CO. The van der Waals surface area contributed by atoms with E-state index in [-0.39, 0.29) is 36.0 Å². The molecule has 0 bridgehead atoms. The summed E-state index contributed by atoms with van der Waals surface area (Å²) in [4.78, 5) is 49.3. The minimum atomic E-state index is -0.559. The highest BCUT2D eigenvalue weighted by Crippen LogP contribution is 2.34. The summed E-state index contributed by atoms with van der Waals surface area (Å²) in [6.45, 7) is 10.0. The Bertz CT molecular complexity index is 1190. The first-order chi connectivity index (χ1) is 18.1. The van der Waals surface area contributed by atoms with Gasteiger partial charge in [0.25, 0.3) is 12.4 Å². The number of carbonyl (C=O) groups excluding carboxylic acids is 3. The molecule has 202 valence electrons. The number of benzene rings is 2. The normalized spacial score (nSPS) is 20.4. The number of hydrogen-bond acceptors (Lipinski definition) is 5. The number of carbonyl (C=O) groups is 4. The number of rotatable bonds is 4. The van der Waals surface area contributed by atoms with Gasteiger partial charge in [0, 0.05) is 25.1 Å². The van der Waals surface area contributed by atoms with Gasteiger partial charge >= 0.3 is 0 Å². The van der Waals surface area contributed by atoms with Crippen LogP contribution in [0.5, 0.6) is 0 Å². The molecule has 5 rings (SSSR count). The Balaban J connectivity index is 0.00000107. The zero-order valence-corrected chi connectivity index (χ0v) is 22.4. The van der Waals surface area contributed by atoms with E-state index in [0.717, 1.165) is 38.0 Å². The number of fused-ring (bicyclic) bond motifs is 1. The molecule has 0 aliphatic carbocycles. The quantitative estimate of drug-likeness (QED) is 0.470. The second-order valence-electron chi connectivity index (χ2n) is 11.4. The van der Waals surface area contributed by atoms with Crippen molar-refractivity contribution in [2.75, 3.05) is 13.1 Å². The molecule has 2 saturated heterocycles. The Morgan fingerprint density at radius 3 is 2.26 bits per heavy atom. The molecule has 2 aromatic rings. The maximum absolute atomic E-state index is 13.0. The summed E-state index contributed by atoms with van der Waals surface area (Å²) in [5, 5.41) is 9.26. The van der Waals surface area contributed by atoms with E-state index in [1.807, 2.05) is 6.07 Å². The fourth-order valence-corrected chi connectivity index (χ4v) is 5.64. The molecule has 2 fully saturated rings. The molecule has 2 N–H and O–H groups in total. The van der Waals surface area contributed by atoms with Gasteiger partial charge in [0.15, 0.2) is 0 Å². The van der Waals surface area contributed by atoms with Gasteiger partial charge in [-0.1, -0.05) is 57.2 Å². The molecule has 1 atom stereocenters. The fraction of sp³-hybridized carbons (Fsp3) is 0.467. The summed E-state index contributed by atoms with van der Waals surface area (Å²) >= 11 is 0. The van der Waals surface area contributed by atoms with Gasteiger partial charge in [-0.25, -0.2) is 0 Å². The number of likely N-dealkylation sites (tertiary alicyclic amines) is 1. The summed E-state index contributed by atoms with van der Waals surface area (Å²) in [6.07, 6.45) is 2.88. The molecular formula is C30H37N3O5. The molecule has 3 amide bonds. The lowest BCUT2D eigenvalue weighted by atomic mass is 9.86. The Labute approximate surface area is 224 Å². The Morgan fingerprint density at radius 1 is 1.00 bits per heavy atom. The monoisotopic (exact) mass is 519 g/mol. The first kappa shape index (κ1) is 27.5. The third-order valence-electron chi connectivity index (χ3n) is 7.83. The maximum Gasteiger partial charge on any atom is 0.290 e. The van der Waals surface area contributed by atoms with Crippen molar-refractivity contribution >= 4 is 24.2 Å². The standard InChI is InChI=1S/C29H35N3O3.CH2O2/c1-29(2,3)23-7-4-19(5-8-23)17-31-14-12-20(13-15-31)21-6-9-24-22(16-21)18-32(28(24)35)25-10-11-26(33)30-27(25)34;2-1-3/h4-9,16,20,25H,10-15,17-18H2,1-3H3,(H,30,33,34);1H,(H,2,3). The second-order valence-corrected chi connectivity index (χ2v) is 11.4. The topological polar surface area (TPSA) is 107 Å². The molecule has 0 radical (unpaired) electrons. The van der Waals surface area contributed by atoms with Gasteiger partial charge < -0.3 is 10.0 Å². The maximum atomic E-state index is 13.0. The molecule has 3 aliphatic rings. The van der Waals surface area contributed by atoms with E-state index in [0.29, 0.717) is 24.4 Å². The van der Waals surface area contributed by atoms with Crippen LogP contribution in [0.15, 0.2) is 42.5 Å². The molecule has 2 aromatic carbocycles. The van der Waals surface area contributed by atoms with E-state index in [2.05, 4.69) is 67.4 Å². The fourth-order valence-electron chi connectivity index (χ4n) is 5.64. The van der Waals surface area contributed by atoms with Gasteiger partial charge in [0.2, 0.25) is 11.8 Å². The number of carboxylic acid groups (broad SMARTS) is 1. The van der Waals surface area contributed by atoms with Crippen molar-refractivity contribution in [2.24, 2.45) is 0 Å². The van der Waals surface area contributed by atoms with Crippen LogP contribution in [0, 0.1) is 0 Å². The van der Waals surface area contributed by atoms with Crippen LogP contribution >= 0.6 is 0 Å². The third-order valence-corrected chi connectivity index (χ3v) is 7.83. The largest absolute Gasteiger partial charge is 0.483 e. The number of piperidine rings is 2. The van der Waals surface area contributed by atoms with Gasteiger partial charge in [-0.3, -0.25) is 29.4 Å². The summed E-state index contributed by atoms with van der Waals surface area (Å²) in [5.74, 6) is -0.234. The average molecular weight is 520 g/mol. The first-order valence-electron chi connectivity index (χ1n) is 13.3. The van der Waals surface area contributed by atoms with E-state index in [1.165, 1.54) is 16.7 Å². The second kappa shape index (κ2) is 11.5. The van der Waals surface area contributed by atoms with E-state index in [1.54, 1.807) is 4.90 Å². The Hall–Kier alpha value is -3.52. The zero-order valence-electron chi connectivity index (χ0n) is 22.4. The third kappa shape index (κ3) is 6.13. The molecule has 38 heavy (non-hydrogen) atoms. The summed E-state index contributed by atoms with van der Waals surface area (Å²) < 4.78 is 0. The minimum absolute atomic E-state index is 0.103. The van der Waals surface area contributed by atoms with E-state index in [4.69, 9.17) is 9.90 Å². The van der Waals surface area contributed by atoms with Gasteiger partial charge in [-0.15, -0.1) is 0 Å². The molecule has 0 aromatic heterocycles. The van der Waals surface area contributed by atoms with Gasteiger partial charge in [0.05, 0.1) is 0 Å². The van der Waals surface area contributed by atoms with E-state index < -0.39 is 6.04 Å². The molecule has 8 heteroatoms. The number of hydrogen-bond donors (Lipinski definition) is 2. The van der Waals surface area contributed by atoms with Crippen LogP contribution in [0.1, 0.15) is 85.0 Å². The van der Waals surface area contributed by atoms with Crippen molar-refractivity contribution in [1.82, 2.24) is 15.1 Å². The van der Waals surface area contributed by atoms with Crippen molar-refractivity contribution in [1.29, 1.82) is 0 Å². The van der Waals surface area contributed by atoms with Crippen molar-refractivity contribution in [3.63, 3.8) is 0 Å². The van der Waals surface area contributed by atoms with Crippen LogP contribution < -0.4 is 5.32 Å². The van der Waals surface area contributed by atoms with Gasteiger partial charge in [-0.2, -0.15) is 0 Å². The van der Waals surface area contributed by atoms with Gasteiger partial charge in [-0.05, 0) is 72.0 Å². The Kier molecular flexibility index (Phi) is 8.31. The number of nitrogens with one attached hydrogen (secondary N) is 1. The highest BCUT2D eigenvalue weighted by atomic mass is 16.3. The molecule has 3 aliphatic heterocycles. The van der Waals surface area contributed by atoms with Crippen LogP contribution in [0.25, 0.3) is 0 Å². The molecule has 3 heterocycles. The lowest BCUT2D eigenvalue weighted by molar-refractivity contribution is -0.137. The molecular weight excluding hydrogens is 482 g/mol. The van der Waals surface area contributed by atoms with E-state index >= 15 is 0 Å². The van der Waals surface area contributed by atoms with Crippen LogP contribution in [-0.4, -0.2) is 58.2 Å². The van der Waals surface area contributed by atoms with Crippen molar-refractivity contribution in [2.45, 2.75) is 76.9 Å². The van der Waals surface area contributed by atoms with Crippen LogP contribution in [0.3, 0.4) is 0 Å². The van der Waals surface area contributed by atoms with Crippen LogP contribution in [0.2, 0.25) is 0 Å². The molecule has 0 spiro atoms. The predicted octanol–water partition coefficient (Wildman–Crippen LogP) is 3.83. The predicted molar refractivity (Wildman–Crippen MR) is 144 cm³/mol. The summed E-state index contributed by atoms with van der Waals surface area (Å²) in [6, 6.07) is 14.7. The first-order valence-corrected chi connectivity index (χ1v) is 13.3. The number of nitrogens with zero attached hydrogens (tertiary/aromatic N) is 2.